The molecule has 16 heavy (non-hydrogen) atoms. The normalized spacial score (nSPS) is 13.9. The molecule has 1 amide bonds. The maximum absolute atomic E-state index is 11.6. The van der Waals surface area contributed by atoms with Gasteiger partial charge in [-0.1, -0.05) is 41.0 Å². The molecule has 0 aliphatic carbocycles. The zero-order valence-electron chi connectivity index (χ0n) is 11.5. The van der Waals surface area contributed by atoms with Gasteiger partial charge in [0, 0.05) is 19.0 Å². The fraction of sp³-hybridized carbons (Fsp3) is 0.923. The first-order chi connectivity index (χ1) is 7.29. The second-order valence-corrected chi connectivity index (χ2v) is 5.67. The molecular formula is C13H28N2O. The molecule has 0 aromatic carbocycles. The number of carbonyl (C=O) groups excluding carboxylic acids is 1. The van der Waals surface area contributed by atoms with Crippen molar-refractivity contribution in [3.8, 4) is 0 Å². The molecule has 0 aromatic rings. The van der Waals surface area contributed by atoms with Crippen molar-refractivity contribution in [2.75, 3.05) is 6.54 Å². The van der Waals surface area contributed by atoms with Gasteiger partial charge < -0.3 is 11.1 Å². The minimum absolute atomic E-state index is 0.00663. The zero-order chi connectivity index (χ0) is 12.8. The summed E-state index contributed by atoms with van der Waals surface area (Å²) in [7, 11) is 0. The van der Waals surface area contributed by atoms with Gasteiger partial charge in [0.1, 0.15) is 0 Å². The van der Waals surface area contributed by atoms with E-state index in [-0.39, 0.29) is 17.4 Å². The maximum Gasteiger partial charge on any atom is 0.221 e. The molecule has 0 aliphatic rings. The Kier molecular flexibility index (Phi) is 6.65. The highest BCUT2D eigenvalue weighted by Gasteiger charge is 2.23. The molecule has 0 aromatic heterocycles. The van der Waals surface area contributed by atoms with Crippen molar-refractivity contribution >= 4 is 5.91 Å². The van der Waals surface area contributed by atoms with Gasteiger partial charge in [-0.15, -0.1) is 0 Å². The number of nitrogens with one attached hydrogen (secondary N) is 1. The highest BCUT2D eigenvalue weighted by molar-refractivity contribution is 5.76. The molecule has 0 heterocycles. The summed E-state index contributed by atoms with van der Waals surface area (Å²) in [5, 5.41) is 2.97. The number of hydrogen-bond acceptors (Lipinski definition) is 2. The number of nitrogens with two attached hydrogens (primary N) is 1. The third-order valence-electron chi connectivity index (χ3n) is 3.41. The van der Waals surface area contributed by atoms with Gasteiger partial charge in [-0.05, 0) is 17.8 Å². The van der Waals surface area contributed by atoms with E-state index >= 15 is 0 Å². The molecule has 0 aliphatic heterocycles. The topological polar surface area (TPSA) is 55.1 Å². The summed E-state index contributed by atoms with van der Waals surface area (Å²) in [4.78, 5) is 11.6. The lowest BCUT2D eigenvalue weighted by atomic mass is 9.81. The van der Waals surface area contributed by atoms with Crippen molar-refractivity contribution < 1.29 is 4.79 Å². The monoisotopic (exact) mass is 228 g/mol. The van der Waals surface area contributed by atoms with Crippen LogP contribution < -0.4 is 11.1 Å². The summed E-state index contributed by atoms with van der Waals surface area (Å²) < 4.78 is 0. The molecule has 0 radical (unpaired) electrons. The molecule has 1 atom stereocenters. The van der Waals surface area contributed by atoms with Crippen LogP contribution in [0.15, 0.2) is 0 Å². The van der Waals surface area contributed by atoms with Gasteiger partial charge >= 0.3 is 0 Å². The van der Waals surface area contributed by atoms with E-state index in [4.69, 9.17) is 5.73 Å². The smallest absolute Gasteiger partial charge is 0.221 e. The first-order valence-electron chi connectivity index (χ1n) is 6.32. The SMILES string of the molecule is CCCC(N)CC(=O)NCC(C)(C)C(C)C. The molecule has 0 saturated heterocycles. The lowest BCUT2D eigenvalue weighted by Crippen LogP contribution is -2.39. The van der Waals surface area contributed by atoms with Gasteiger partial charge in [0.05, 0.1) is 0 Å². The average Bonchev–Trinajstić information content (AvgIpc) is 2.15. The van der Waals surface area contributed by atoms with Gasteiger partial charge in [-0.2, -0.15) is 0 Å². The van der Waals surface area contributed by atoms with Crippen LogP contribution in [0.5, 0.6) is 0 Å². The van der Waals surface area contributed by atoms with Crippen LogP contribution >= 0.6 is 0 Å². The zero-order valence-corrected chi connectivity index (χ0v) is 11.5. The summed E-state index contributed by atoms with van der Waals surface area (Å²) in [6.07, 6.45) is 2.40. The minimum Gasteiger partial charge on any atom is -0.356 e. The van der Waals surface area contributed by atoms with Gasteiger partial charge in [0.2, 0.25) is 5.91 Å². The molecule has 3 N–H and O–H groups in total. The van der Waals surface area contributed by atoms with Crippen molar-refractivity contribution in [3.05, 3.63) is 0 Å². The minimum atomic E-state index is 0.00663. The van der Waals surface area contributed by atoms with Crippen LogP contribution in [-0.2, 0) is 4.79 Å². The summed E-state index contributed by atoms with van der Waals surface area (Å²) >= 11 is 0. The van der Waals surface area contributed by atoms with E-state index in [1.807, 2.05) is 0 Å². The van der Waals surface area contributed by atoms with E-state index in [1.54, 1.807) is 0 Å². The number of amides is 1. The molecule has 96 valence electrons. The van der Waals surface area contributed by atoms with E-state index in [1.165, 1.54) is 0 Å². The molecular weight excluding hydrogens is 200 g/mol. The standard InChI is InChI=1S/C13H28N2O/c1-6-7-11(14)8-12(16)15-9-13(4,5)10(2)3/h10-11H,6-9,14H2,1-5H3,(H,15,16). The first kappa shape index (κ1) is 15.4. The number of hydrogen-bond donors (Lipinski definition) is 2. The second kappa shape index (κ2) is 6.89. The Morgan fingerprint density at radius 3 is 2.38 bits per heavy atom. The van der Waals surface area contributed by atoms with Crippen LogP contribution in [0.3, 0.4) is 0 Å². The Morgan fingerprint density at radius 2 is 1.94 bits per heavy atom. The van der Waals surface area contributed by atoms with E-state index in [9.17, 15) is 4.79 Å². The van der Waals surface area contributed by atoms with Gasteiger partial charge in [0.15, 0.2) is 0 Å². The Balaban J connectivity index is 3.90. The van der Waals surface area contributed by atoms with Crippen molar-refractivity contribution in [3.63, 3.8) is 0 Å². The summed E-state index contributed by atoms with van der Waals surface area (Å²) in [5.74, 6) is 0.631. The highest BCUT2D eigenvalue weighted by atomic mass is 16.1. The molecule has 0 rings (SSSR count). The first-order valence-corrected chi connectivity index (χ1v) is 6.32. The molecule has 3 heteroatoms. The van der Waals surface area contributed by atoms with E-state index in [0.717, 1.165) is 19.4 Å². The van der Waals surface area contributed by atoms with Gasteiger partial charge in [-0.25, -0.2) is 0 Å². The fourth-order valence-electron chi connectivity index (χ4n) is 1.31. The van der Waals surface area contributed by atoms with E-state index < -0.39 is 0 Å². The fourth-order valence-corrected chi connectivity index (χ4v) is 1.31. The quantitative estimate of drug-likeness (QED) is 0.702. The third-order valence-corrected chi connectivity index (χ3v) is 3.41. The van der Waals surface area contributed by atoms with Crippen molar-refractivity contribution in [1.82, 2.24) is 5.32 Å². The summed E-state index contributed by atoms with van der Waals surface area (Å²) in [6, 6.07) is 0.00663. The molecule has 3 nitrogen and oxygen atoms in total. The molecule has 0 fully saturated rings. The second-order valence-electron chi connectivity index (χ2n) is 5.67. The molecule has 0 spiro atoms. The Hall–Kier alpha value is -0.570. The largest absolute Gasteiger partial charge is 0.356 e. The lowest BCUT2D eigenvalue weighted by molar-refractivity contribution is -0.122. The van der Waals surface area contributed by atoms with Gasteiger partial charge in [0.25, 0.3) is 0 Å². The van der Waals surface area contributed by atoms with E-state index in [2.05, 4.69) is 39.9 Å². The van der Waals surface area contributed by atoms with Crippen LogP contribution in [0.1, 0.15) is 53.9 Å². The Labute approximate surface area is 100 Å². The summed E-state index contributed by atoms with van der Waals surface area (Å²) in [5.41, 5.74) is 5.97. The van der Waals surface area contributed by atoms with Crippen molar-refractivity contribution in [2.45, 2.75) is 59.9 Å². The lowest BCUT2D eigenvalue weighted by Gasteiger charge is -2.29. The van der Waals surface area contributed by atoms with Crippen LogP contribution in [0.2, 0.25) is 0 Å². The predicted molar refractivity (Wildman–Crippen MR) is 69.1 cm³/mol. The molecule has 1 unspecified atom stereocenters. The highest BCUT2D eigenvalue weighted by Crippen LogP contribution is 2.24. The third kappa shape index (κ3) is 6.11. The average molecular weight is 228 g/mol. The summed E-state index contributed by atoms with van der Waals surface area (Å²) in [6.45, 7) is 11.5. The van der Waals surface area contributed by atoms with Crippen LogP contribution in [0.4, 0.5) is 0 Å². The number of rotatable bonds is 7. The van der Waals surface area contributed by atoms with Crippen LogP contribution in [-0.4, -0.2) is 18.5 Å². The Bertz CT molecular complexity index is 212. The molecule has 0 bridgehead atoms. The van der Waals surface area contributed by atoms with Gasteiger partial charge in [-0.3, -0.25) is 4.79 Å². The number of carbonyl (C=O) groups is 1. The Morgan fingerprint density at radius 1 is 1.38 bits per heavy atom. The van der Waals surface area contributed by atoms with Crippen molar-refractivity contribution in [1.29, 1.82) is 0 Å². The predicted octanol–water partition coefficient (Wildman–Crippen LogP) is 2.30. The van der Waals surface area contributed by atoms with E-state index in [0.29, 0.717) is 12.3 Å². The molecule has 0 saturated carbocycles. The van der Waals surface area contributed by atoms with Crippen LogP contribution in [0, 0.1) is 11.3 Å². The van der Waals surface area contributed by atoms with Crippen molar-refractivity contribution in [2.24, 2.45) is 17.1 Å². The maximum atomic E-state index is 11.6. The van der Waals surface area contributed by atoms with Crippen LogP contribution in [0.25, 0.3) is 0 Å².